The molecule has 0 unspecified atom stereocenters. The van der Waals surface area contributed by atoms with Crippen LogP contribution in [0, 0.1) is 24.0 Å². The summed E-state index contributed by atoms with van der Waals surface area (Å²) in [5, 5.41) is 18.1. The lowest BCUT2D eigenvalue weighted by Gasteiger charge is -2.20. The van der Waals surface area contributed by atoms with E-state index in [1.165, 1.54) is 15.8 Å². The van der Waals surface area contributed by atoms with E-state index >= 15 is 0 Å². The number of thiophene rings is 2. The fraction of sp³-hybridized carbons (Fsp3) is 0.250. The van der Waals surface area contributed by atoms with Crippen LogP contribution in [-0.4, -0.2) is 22.3 Å². The quantitative estimate of drug-likeness (QED) is 0.416. The Morgan fingerprint density at radius 1 is 1.07 bits per heavy atom. The molecule has 2 heterocycles. The number of amides is 1. The smallest absolute Gasteiger partial charge is 0.293 e. The van der Waals surface area contributed by atoms with Crippen molar-refractivity contribution < 1.29 is 9.72 Å². The van der Waals surface area contributed by atoms with Gasteiger partial charge in [0.05, 0.1) is 11.5 Å². The minimum Gasteiger partial charge on any atom is -0.319 e. The third-order valence-electron chi connectivity index (χ3n) is 4.37. The van der Waals surface area contributed by atoms with Crippen molar-refractivity contribution in [2.45, 2.75) is 26.9 Å². The topological polar surface area (TPSA) is 75.5 Å². The van der Waals surface area contributed by atoms with Gasteiger partial charge >= 0.3 is 0 Å². The predicted octanol–water partition coefficient (Wildman–Crippen LogP) is 4.98. The number of anilines is 1. The number of rotatable bonds is 8. The Labute approximate surface area is 171 Å². The van der Waals surface area contributed by atoms with Gasteiger partial charge in [-0.05, 0) is 53.9 Å². The van der Waals surface area contributed by atoms with Gasteiger partial charge < -0.3 is 5.32 Å². The molecule has 0 aliphatic carbocycles. The van der Waals surface area contributed by atoms with Crippen molar-refractivity contribution in [3.05, 3.63) is 78.2 Å². The highest BCUT2D eigenvalue weighted by molar-refractivity contribution is 7.10. The molecule has 28 heavy (non-hydrogen) atoms. The number of aryl methyl sites for hydroxylation is 2. The Hall–Kier alpha value is -2.55. The molecule has 0 saturated carbocycles. The molecule has 1 amide bonds. The average molecular weight is 416 g/mol. The van der Waals surface area contributed by atoms with Crippen LogP contribution in [0.1, 0.15) is 20.9 Å². The van der Waals surface area contributed by atoms with E-state index in [9.17, 15) is 14.9 Å². The molecule has 2 aromatic heterocycles. The van der Waals surface area contributed by atoms with Crippen LogP contribution >= 0.6 is 22.7 Å². The van der Waals surface area contributed by atoms with Gasteiger partial charge in [-0.15, -0.1) is 22.7 Å². The van der Waals surface area contributed by atoms with Crippen molar-refractivity contribution in [3.63, 3.8) is 0 Å². The number of nitrogens with zero attached hydrogens (tertiary/aromatic N) is 2. The Morgan fingerprint density at radius 2 is 1.64 bits per heavy atom. The maximum Gasteiger partial charge on any atom is 0.293 e. The molecule has 3 aromatic rings. The summed E-state index contributed by atoms with van der Waals surface area (Å²) >= 11 is 3.29. The Morgan fingerprint density at radius 3 is 2.14 bits per heavy atom. The molecule has 0 aliphatic heterocycles. The number of nitro benzene ring substituents is 1. The van der Waals surface area contributed by atoms with Gasteiger partial charge in [-0.2, -0.15) is 0 Å². The fourth-order valence-corrected chi connectivity index (χ4v) is 4.35. The van der Waals surface area contributed by atoms with Crippen LogP contribution in [0.25, 0.3) is 0 Å². The molecule has 0 radical (unpaired) electrons. The maximum atomic E-state index is 12.7. The van der Waals surface area contributed by atoms with Crippen molar-refractivity contribution >= 4 is 40.0 Å². The Kier molecular flexibility index (Phi) is 6.56. The van der Waals surface area contributed by atoms with E-state index in [0.717, 1.165) is 11.1 Å². The van der Waals surface area contributed by atoms with Crippen LogP contribution in [0.4, 0.5) is 11.4 Å². The molecule has 0 bridgehead atoms. The first-order valence-corrected chi connectivity index (χ1v) is 10.5. The lowest BCUT2D eigenvalue weighted by Crippen LogP contribution is -2.32. The van der Waals surface area contributed by atoms with E-state index in [1.807, 2.05) is 53.8 Å². The third kappa shape index (κ3) is 5.25. The van der Waals surface area contributed by atoms with Gasteiger partial charge in [0.1, 0.15) is 5.69 Å². The predicted molar refractivity (Wildman–Crippen MR) is 114 cm³/mol. The molecule has 0 atom stereocenters. The van der Waals surface area contributed by atoms with E-state index in [1.54, 1.807) is 28.7 Å². The molecule has 0 fully saturated rings. The summed E-state index contributed by atoms with van der Waals surface area (Å²) in [5.41, 5.74) is 1.88. The Bertz CT molecular complexity index is 917. The van der Waals surface area contributed by atoms with Gasteiger partial charge in [0, 0.05) is 28.9 Å². The normalized spacial score (nSPS) is 11.0. The van der Waals surface area contributed by atoms with Gasteiger partial charge in [-0.1, -0.05) is 12.1 Å². The maximum absolute atomic E-state index is 12.7. The first-order chi connectivity index (χ1) is 13.4. The third-order valence-corrected chi connectivity index (χ3v) is 6.09. The van der Waals surface area contributed by atoms with Crippen LogP contribution < -0.4 is 5.32 Å². The van der Waals surface area contributed by atoms with E-state index in [4.69, 9.17) is 0 Å². The van der Waals surface area contributed by atoms with Crippen molar-refractivity contribution in [2.24, 2.45) is 0 Å². The highest BCUT2D eigenvalue weighted by Gasteiger charge is 2.19. The highest BCUT2D eigenvalue weighted by Crippen LogP contribution is 2.28. The molecule has 8 heteroatoms. The van der Waals surface area contributed by atoms with Crippen LogP contribution in [0.5, 0.6) is 0 Å². The summed E-state index contributed by atoms with van der Waals surface area (Å²) < 4.78 is 0. The van der Waals surface area contributed by atoms with Gasteiger partial charge in [0.25, 0.3) is 5.69 Å². The number of nitrogens with one attached hydrogen (secondary N) is 1. The second-order valence-electron chi connectivity index (χ2n) is 6.56. The van der Waals surface area contributed by atoms with Crippen LogP contribution in [0.15, 0.2) is 47.2 Å². The van der Waals surface area contributed by atoms with E-state index in [-0.39, 0.29) is 23.8 Å². The summed E-state index contributed by atoms with van der Waals surface area (Å²) in [4.78, 5) is 28.0. The SMILES string of the molecule is Cc1cc(NC(=O)CN(Cc2cccs2)Cc2cccs2)c([N+](=O)[O-])cc1C. The molecular weight excluding hydrogens is 394 g/mol. The standard InChI is InChI=1S/C20H21N3O3S2/c1-14-9-18(19(23(25)26)10-15(14)2)21-20(24)13-22(11-16-5-3-7-27-16)12-17-6-4-8-28-17/h3-10H,11-13H2,1-2H3,(H,21,24). The van der Waals surface area contributed by atoms with Gasteiger partial charge in [-0.3, -0.25) is 19.8 Å². The monoisotopic (exact) mass is 415 g/mol. The largest absolute Gasteiger partial charge is 0.319 e. The lowest BCUT2D eigenvalue weighted by atomic mass is 10.1. The number of nitro groups is 1. The van der Waals surface area contributed by atoms with Gasteiger partial charge in [0.15, 0.2) is 0 Å². The van der Waals surface area contributed by atoms with Crippen molar-refractivity contribution in [3.8, 4) is 0 Å². The summed E-state index contributed by atoms with van der Waals surface area (Å²) in [7, 11) is 0. The average Bonchev–Trinajstić information content (AvgIpc) is 3.31. The van der Waals surface area contributed by atoms with E-state index in [2.05, 4.69) is 5.32 Å². The molecule has 3 rings (SSSR count). The molecule has 6 nitrogen and oxygen atoms in total. The zero-order valence-electron chi connectivity index (χ0n) is 15.7. The second kappa shape index (κ2) is 9.09. The molecule has 0 saturated heterocycles. The lowest BCUT2D eigenvalue weighted by molar-refractivity contribution is -0.384. The zero-order chi connectivity index (χ0) is 20.1. The van der Waals surface area contributed by atoms with E-state index < -0.39 is 4.92 Å². The molecule has 1 aromatic carbocycles. The van der Waals surface area contributed by atoms with Gasteiger partial charge in [0.2, 0.25) is 5.91 Å². The van der Waals surface area contributed by atoms with Crippen molar-refractivity contribution in [1.82, 2.24) is 4.90 Å². The number of hydrogen-bond acceptors (Lipinski definition) is 6. The summed E-state index contributed by atoms with van der Waals surface area (Å²) in [6, 6.07) is 11.2. The molecule has 146 valence electrons. The van der Waals surface area contributed by atoms with Crippen LogP contribution in [0.3, 0.4) is 0 Å². The summed E-state index contributed by atoms with van der Waals surface area (Å²) in [5.74, 6) is -0.264. The van der Waals surface area contributed by atoms with E-state index in [0.29, 0.717) is 13.1 Å². The first-order valence-electron chi connectivity index (χ1n) is 8.75. The molecule has 0 spiro atoms. The number of carbonyl (C=O) groups is 1. The fourth-order valence-electron chi connectivity index (χ4n) is 2.86. The van der Waals surface area contributed by atoms with Crippen molar-refractivity contribution in [1.29, 1.82) is 0 Å². The molecule has 0 aliphatic rings. The first kappa shape index (κ1) is 20.2. The second-order valence-corrected chi connectivity index (χ2v) is 8.63. The number of benzene rings is 1. The number of hydrogen-bond donors (Lipinski definition) is 1. The minimum absolute atomic E-state index is 0.0838. The molecule has 1 N–H and O–H groups in total. The molecular formula is C20H21N3O3S2. The summed E-state index contributed by atoms with van der Waals surface area (Å²) in [6.45, 7) is 5.14. The van der Waals surface area contributed by atoms with Gasteiger partial charge in [-0.25, -0.2) is 0 Å². The number of carbonyl (C=O) groups excluding carboxylic acids is 1. The Balaban J connectivity index is 1.74. The van der Waals surface area contributed by atoms with Crippen molar-refractivity contribution in [2.75, 3.05) is 11.9 Å². The highest BCUT2D eigenvalue weighted by atomic mass is 32.1. The minimum atomic E-state index is -0.461. The zero-order valence-corrected chi connectivity index (χ0v) is 17.3. The van der Waals surface area contributed by atoms with Crippen LogP contribution in [0.2, 0.25) is 0 Å². The van der Waals surface area contributed by atoms with Crippen LogP contribution in [-0.2, 0) is 17.9 Å². The summed E-state index contributed by atoms with van der Waals surface area (Å²) in [6.07, 6.45) is 0.